The van der Waals surface area contributed by atoms with Gasteiger partial charge in [0.15, 0.2) is 0 Å². The van der Waals surface area contributed by atoms with Crippen molar-refractivity contribution < 1.29 is 9.59 Å². The van der Waals surface area contributed by atoms with Crippen LogP contribution in [-0.2, 0) is 11.2 Å². The molecule has 6 heteroatoms. The Morgan fingerprint density at radius 2 is 1.92 bits per heavy atom. The summed E-state index contributed by atoms with van der Waals surface area (Å²) in [6.07, 6.45) is 3.41. The molecule has 3 heterocycles. The van der Waals surface area contributed by atoms with Crippen molar-refractivity contribution in [2.45, 2.75) is 12.8 Å². The second-order valence-corrected chi connectivity index (χ2v) is 6.80. The van der Waals surface area contributed by atoms with Crippen molar-refractivity contribution in [1.29, 1.82) is 0 Å². The third-order valence-electron chi connectivity index (χ3n) is 5.12. The van der Waals surface area contributed by atoms with Gasteiger partial charge in [0.25, 0.3) is 5.91 Å². The summed E-state index contributed by atoms with van der Waals surface area (Å²) in [5.74, 6) is 0.603. The molecule has 6 nitrogen and oxygen atoms in total. The maximum atomic E-state index is 13.3. The Morgan fingerprint density at radius 1 is 1.08 bits per heavy atom. The Bertz CT molecular complexity index is 851. The lowest BCUT2D eigenvalue weighted by Gasteiger charge is -2.25. The van der Waals surface area contributed by atoms with Crippen LogP contribution in [0.5, 0.6) is 0 Å². The van der Waals surface area contributed by atoms with Crippen molar-refractivity contribution >= 4 is 23.3 Å². The Balaban J connectivity index is 1.66. The van der Waals surface area contributed by atoms with Crippen LogP contribution in [0.2, 0.25) is 0 Å². The minimum atomic E-state index is -0.0527. The van der Waals surface area contributed by atoms with Crippen LogP contribution in [0.15, 0.2) is 42.6 Å². The maximum Gasteiger partial charge on any atom is 0.262 e. The maximum absolute atomic E-state index is 13.3. The van der Waals surface area contributed by atoms with Gasteiger partial charge in [-0.2, -0.15) is 0 Å². The molecule has 0 spiro atoms. The van der Waals surface area contributed by atoms with Gasteiger partial charge >= 0.3 is 0 Å². The lowest BCUT2D eigenvalue weighted by atomic mass is 10.1. The number of fused-ring (bicyclic) bond motifs is 1. The van der Waals surface area contributed by atoms with E-state index in [1.165, 1.54) is 5.56 Å². The summed E-state index contributed by atoms with van der Waals surface area (Å²) >= 11 is 0. The van der Waals surface area contributed by atoms with Crippen molar-refractivity contribution in [3.05, 3.63) is 53.7 Å². The van der Waals surface area contributed by atoms with Crippen LogP contribution in [0, 0.1) is 0 Å². The summed E-state index contributed by atoms with van der Waals surface area (Å²) in [5, 5.41) is 0. The molecule has 0 radical (unpaired) electrons. The van der Waals surface area contributed by atoms with Crippen LogP contribution in [0.3, 0.4) is 0 Å². The Kier molecular flexibility index (Phi) is 4.32. The molecule has 0 N–H and O–H groups in total. The number of amides is 2. The highest BCUT2D eigenvalue weighted by molar-refractivity contribution is 6.10. The number of carbonyl (C=O) groups is 2. The fraction of sp³-hybridized carbons (Fsp3) is 0.350. The summed E-state index contributed by atoms with van der Waals surface area (Å²) in [5.41, 5.74) is 2.72. The molecule has 2 aromatic rings. The summed E-state index contributed by atoms with van der Waals surface area (Å²) in [7, 11) is 1.82. The third kappa shape index (κ3) is 2.92. The van der Waals surface area contributed by atoms with Crippen LogP contribution in [0.25, 0.3) is 0 Å². The molecule has 26 heavy (non-hydrogen) atoms. The van der Waals surface area contributed by atoms with Gasteiger partial charge in [0.2, 0.25) is 5.91 Å². The van der Waals surface area contributed by atoms with Crippen molar-refractivity contribution in [2.75, 3.05) is 43.0 Å². The second kappa shape index (κ2) is 6.78. The van der Waals surface area contributed by atoms with E-state index in [4.69, 9.17) is 0 Å². The number of carbonyl (C=O) groups excluding carboxylic acids is 2. The van der Waals surface area contributed by atoms with Gasteiger partial charge in [-0.1, -0.05) is 18.2 Å². The van der Waals surface area contributed by atoms with E-state index in [0.717, 1.165) is 25.1 Å². The van der Waals surface area contributed by atoms with Crippen molar-refractivity contribution in [3.63, 3.8) is 0 Å². The zero-order chi connectivity index (χ0) is 18.1. The number of aromatic nitrogens is 1. The molecule has 2 amide bonds. The fourth-order valence-corrected chi connectivity index (χ4v) is 3.68. The monoisotopic (exact) mass is 350 g/mol. The molecule has 0 bridgehead atoms. The highest BCUT2D eigenvalue weighted by atomic mass is 16.2. The average Bonchev–Trinajstić information content (AvgIpc) is 3.03. The van der Waals surface area contributed by atoms with Crippen LogP contribution in [-0.4, -0.2) is 54.9 Å². The van der Waals surface area contributed by atoms with E-state index in [1.54, 1.807) is 17.2 Å². The minimum absolute atomic E-state index is 0.0527. The summed E-state index contributed by atoms with van der Waals surface area (Å²) < 4.78 is 0. The number of hydrogen-bond acceptors (Lipinski definition) is 4. The first kappa shape index (κ1) is 16.6. The van der Waals surface area contributed by atoms with Gasteiger partial charge in [-0.25, -0.2) is 4.98 Å². The molecule has 0 aliphatic carbocycles. The Hall–Kier alpha value is -2.89. The van der Waals surface area contributed by atoms with Crippen LogP contribution in [0.1, 0.15) is 22.3 Å². The fourth-order valence-electron chi connectivity index (χ4n) is 3.68. The molecule has 2 aliphatic rings. The highest BCUT2D eigenvalue weighted by Crippen LogP contribution is 2.30. The van der Waals surface area contributed by atoms with E-state index in [9.17, 15) is 9.59 Å². The van der Waals surface area contributed by atoms with E-state index in [-0.39, 0.29) is 18.4 Å². The molecular weight excluding hydrogens is 328 g/mol. The number of likely N-dealkylation sites (N-methyl/N-ethyl adjacent to an activating group) is 1. The average molecular weight is 350 g/mol. The lowest BCUT2D eigenvalue weighted by molar-refractivity contribution is -0.127. The van der Waals surface area contributed by atoms with Gasteiger partial charge in [-0.15, -0.1) is 0 Å². The number of anilines is 2. The molecule has 2 aliphatic heterocycles. The van der Waals surface area contributed by atoms with Crippen molar-refractivity contribution in [3.8, 4) is 0 Å². The normalized spacial score (nSPS) is 17.3. The first-order chi connectivity index (χ1) is 12.6. The highest BCUT2D eigenvalue weighted by Gasteiger charge is 2.29. The number of rotatable bonds is 2. The van der Waals surface area contributed by atoms with Gasteiger partial charge in [0.05, 0.1) is 12.1 Å². The molecule has 1 aromatic carbocycles. The molecule has 0 unspecified atom stereocenters. The number of para-hydroxylation sites is 1. The van der Waals surface area contributed by atoms with Gasteiger partial charge < -0.3 is 14.7 Å². The van der Waals surface area contributed by atoms with Crippen LogP contribution in [0.4, 0.5) is 11.5 Å². The topological polar surface area (TPSA) is 56.8 Å². The van der Waals surface area contributed by atoms with E-state index < -0.39 is 0 Å². The van der Waals surface area contributed by atoms with Gasteiger partial charge in [-0.05, 0) is 36.6 Å². The second-order valence-electron chi connectivity index (χ2n) is 6.80. The van der Waals surface area contributed by atoms with E-state index in [2.05, 4.69) is 11.1 Å². The summed E-state index contributed by atoms with van der Waals surface area (Å²) in [4.78, 5) is 35.5. The SMILES string of the molecule is CN1CCCN(c2ncccc2C(=O)N2CCc3ccccc32)CC1=O. The largest absolute Gasteiger partial charge is 0.347 e. The Morgan fingerprint density at radius 3 is 2.81 bits per heavy atom. The van der Waals surface area contributed by atoms with Gasteiger partial charge in [-0.3, -0.25) is 9.59 Å². The number of benzene rings is 1. The zero-order valence-electron chi connectivity index (χ0n) is 14.9. The number of hydrogen-bond donors (Lipinski definition) is 0. The molecular formula is C20H22N4O2. The molecule has 1 saturated heterocycles. The molecule has 0 atom stereocenters. The first-order valence-corrected chi connectivity index (χ1v) is 8.99. The van der Waals surface area contributed by atoms with Gasteiger partial charge in [0.1, 0.15) is 5.82 Å². The zero-order valence-corrected chi connectivity index (χ0v) is 14.9. The van der Waals surface area contributed by atoms with Crippen molar-refractivity contribution in [2.24, 2.45) is 0 Å². The van der Waals surface area contributed by atoms with Crippen LogP contribution < -0.4 is 9.80 Å². The van der Waals surface area contributed by atoms with Crippen molar-refractivity contribution in [1.82, 2.24) is 9.88 Å². The van der Waals surface area contributed by atoms with E-state index >= 15 is 0 Å². The predicted octanol–water partition coefficient (Wildman–Crippen LogP) is 1.95. The predicted molar refractivity (Wildman–Crippen MR) is 101 cm³/mol. The quantitative estimate of drug-likeness (QED) is 0.831. The molecule has 134 valence electrons. The van der Waals surface area contributed by atoms with E-state index in [0.29, 0.717) is 24.5 Å². The van der Waals surface area contributed by atoms with Crippen LogP contribution >= 0.6 is 0 Å². The van der Waals surface area contributed by atoms with Gasteiger partial charge in [0, 0.05) is 38.6 Å². The summed E-state index contributed by atoms with van der Waals surface area (Å²) in [6.45, 7) is 2.37. The number of nitrogens with zero attached hydrogens (tertiary/aromatic N) is 4. The standard InChI is InChI=1S/C20H22N4O2/c1-22-11-5-12-23(14-18(22)25)19-16(7-4-10-21-19)20(26)24-13-9-15-6-2-3-8-17(15)24/h2-4,6-8,10H,5,9,11-14H2,1H3. The molecule has 1 fully saturated rings. The Labute approximate surface area is 153 Å². The third-order valence-corrected chi connectivity index (χ3v) is 5.12. The number of pyridine rings is 1. The van der Waals surface area contributed by atoms with E-state index in [1.807, 2.05) is 41.1 Å². The molecule has 1 aromatic heterocycles. The lowest BCUT2D eigenvalue weighted by Crippen LogP contribution is -2.37. The smallest absolute Gasteiger partial charge is 0.262 e. The first-order valence-electron chi connectivity index (χ1n) is 8.99. The molecule has 0 saturated carbocycles. The molecule has 4 rings (SSSR count). The minimum Gasteiger partial charge on any atom is -0.347 e. The summed E-state index contributed by atoms with van der Waals surface area (Å²) in [6, 6.07) is 11.6.